The number of nitrogen functional groups attached to an aromatic ring is 1. The number of amides is 3. The van der Waals surface area contributed by atoms with Gasteiger partial charge in [0.1, 0.15) is 11.7 Å². The molecule has 2 heterocycles. The van der Waals surface area contributed by atoms with Crippen LogP contribution in [0.4, 0.5) is 10.8 Å². The van der Waals surface area contributed by atoms with Gasteiger partial charge in [0.15, 0.2) is 22.3 Å². The highest BCUT2D eigenvalue weighted by atomic mass is 32.2. The Balaban J connectivity index is 1.85. The van der Waals surface area contributed by atoms with E-state index in [0.29, 0.717) is 0 Å². The number of β-lactam (4-membered cyclic amide) rings is 1. The van der Waals surface area contributed by atoms with Crippen molar-refractivity contribution in [1.29, 1.82) is 0 Å². The summed E-state index contributed by atoms with van der Waals surface area (Å²) in [5, 5.41) is 37.5. The van der Waals surface area contributed by atoms with Crippen LogP contribution >= 0.6 is 11.3 Å². The number of nitrogens with one attached hydrogen (secondary N) is 2. The molecule has 1 aromatic carbocycles. The van der Waals surface area contributed by atoms with Gasteiger partial charge in [-0.05, 0) is 26.0 Å². The smallest absolute Gasteiger partial charge is 0.362 e. The summed E-state index contributed by atoms with van der Waals surface area (Å²) in [6.07, 6.45) is -0.753. The van der Waals surface area contributed by atoms with Gasteiger partial charge in [0.25, 0.3) is 11.8 Å². The fraction of sp³-hybridized carbons (Fsp3) is 0.300. The molecule has 1 saturated heterocycles. The van der Waals surface area contributed by atoms with Gasteiger partial charge in [-0.1, -0.05) is 5.16 Å². The van der Waals surface area contributed by atoms with Crippen molar-refractivity contribution in [3.05, 3.63) is 29.3 Å². The molecule has 2 aromatic rings. The fourth-order valence-corrected chi connectivity index (χ4v) is 4.60. The zero-order chi connectivity index (χ0) is 29.3. The lowest BCUT2D eigenvalue weighted by molar-refractivity contribution is -0.161. The van der Waals surface area contributed by atoms with Crippen molar-refractivity contribution in [2.75, 3.05) is 11.1 Å². The monoisotopic (exact) mass is 586 g/mol. The number of carbonyl (C=O) groups excluding carboxylic acids is 3. The number of phenols is 2. The molecule has 39 heavy (non-hydrogen) atoms. The van der Waals surface area contributed by atoms with E-state index in [1.54, 1.807) is 0 Å². The number of nitrogens with two attached hydrogens (primary N) is 1. The van der Waals surface area contributed by atoms with E-state index in [2.05, 4.69) is 20.8 Å². The molecule has 19 heteroatoms. The van der Waals surface area contributed by atoms with Crippen molar-refractivity contribution in [3.8, 4) is 11.5 Å². The Morgan fingerprint density at radius 2 is 1.92 bits per heavy atom. The second kappa shape index (κ2) is 10.7. The molecule has 1 aliphatic heterocycles. The number of carboxylic acids is 1. The number of carboxylic acid groups (broad SMARTS) is 1. The lowest BCUT2D eigenvalue weighted by Crippen LogP contribution is -2.72. The average Bonchev–Trinajstić information content (AvgIpc) is 3.24. The number of hydrogen-bond acceptors (Lipinski definition) is 13. The summed E-state index contributed by atoms with van der Waals surface area (Å²) in [5.41, 5.74) is 2.94. The van der Waals surface area contributed by atoms with Crippen molar-refractivity contribution < 1.29 is 52.3 Å². The van der Waals surface area contributed by atoms with Crippen LogP contribution in [-0.4, -0.2) is 84.7 Å². The van der Waals surface area contributed by atoms with Crippen molar-refractivity contribution in [3.63, 3.8) is 0 Å². The quantitative estimate of drug-likeness (QED) is 0.0451. The van der Waals surface area contributed by atoms with Crippen molar-refractivity contribution >= 4 is 61.9 Å². The SMILES string of the molecule is CC(C)(O/N=C(/C(=O)N[C@H]1C(=O)N(S(=O)(=O)O)[C@@H]1CC(=O)Nc1ccc(O)c(O)c1)c1csc(N)n1)C(=O)O. The van der Waals surface area contributed by atoms with Crippen LogP contribution in [0.3, 0.4) is 0 Å². The van der Waals surface area contributed by atoms with Gasteiger partial charge in [0.05, 0.1) is 12.5 Å². The number of hydrogen-bond donors (Lipinski definition) is 7. The molecule has 0 unspecified atom stereocenters. The molecular formula is C20H22N6O11S2. The summed E-state index contributed by atoms with van der Waals surface area (Å²) in [5.74, 6) is -5.78. The first-order valence-electron chi connectivity index (χ1n) is 10.7. The van der Waals surface area contributed by atoms with Gasteiger partial charge in [-0.3, -0.25) is 18.9 Å². The molecule has 210 valence electrons. The van der Waals surface area contributed by atoms with Gasteiger partial charge in [-0.25, -0.2) is 14.1 Å². The standard InChI is InChI=1S/C20H22N6O11S2/c1-20(2,18(32)33)37-25-14(9-7-38-19(21)23-9)16(30)24-15-10(26(17(15)31)39(34,35)36)6-13(29)22-8-3-4-11(27)12(28)5-8/h3-5,7,10,15,27-28H,6H2,1-2H3,(H2,21,23)(H,22,29)(H,24,30)(H,32,33)(H,34,35,36)/b25-14+/t10-,15-/m1/s1. The zero-order valence-electron chi connectivity index (χ0n) is 20.1. The van der Waals surface area contributed by atoms with E-state index in [4.69, 9.17) is 10.6 Å². The summed E-state index contributed by atoms with van der Waals surface area (Å²) in [7, 11) is -5.14. The molecule has 0 radical (unpaired) electrons. The normalized spacial score (nSPS) is 17.8. The number of oxime groups is 1. The van der Waals surface area contributed by atoms with Gasteiger partial charge in [0.2, 0.25) is 11.5 Å². The molecule has 8 N–H and O–H groups in total. The van der Waals surface area contributed by atoms with Crippen molar-refractivity contribution in [2.45, 2.75) is 38.0 Å². The van der Waals surface area contributed by atoms with Gasteiger partial charge in [-0.15, -0.1) is 11.3 Å². The summed E-state index contributed by atoms with van der Waals surface area (Å²) in [6.45, 7) is 2.29. The number of benzene rings is 1. The van der Waals surface area contributed by atoms with Crippen LogP contribution < -0.4 is 16.4 Å². The minimum Gasteiger partial charge on any atom is -0.504 e. The van der Waals surface area contributed by atoms with Crippen LogP contribution in [0.15, 0.2) is 28.7 Å². The van der Waals surface area contributed by atoms with E-state index < -0.39 is 75.3 Å². The van der Waals surface area contributed by atoms with E-state index in [-0.39, 0.29) is 20.8 Å². The number of rotatable bonds is 10. The molecular weight excluding hydrogens is 564 g/mol. The summed E-state index contributed by atoms with van der Waals surface area (Å²) < 4.78 is 33.0. The van der Waals surface area contributed by atoms with E-state index in [0.717, 1.165) is 37.3 Å². The molecule has 0 spiro atoms. The highest BCUT2D eigenvalue weighted by Gasteiger charge is 2.55. The zero-order valence-corrected chi connectivity index (χ0v) is 21.7. The maximum Gasteiger partial charge on any atom is 0.362 e. The number of nitrogens with zero attached hydrogens (tertiary/aromatic N) is 3. The van der Waals surface area contributed by atoms with E-state index >= 15 is 0 Å². The first kappa shape index (κ1) is 29.1. The molecule has 0 bridgehead atoms. The molecule has 3 amide bonds. The number of phenolic OH excluding ortho intramolecular Hbond substituents is 2. The Morgan fingerprint density at radius 1 is 1.26 bits per heavy atom. The predicted octanol–water partition coefficient (Wildman–Crippen LogP) is -0.752. The van der Waals surface area contributed by atoms with E-state index in [1.165, 1.54) is 11.4 Å². The summed E-state index contributed by atoms with van der Waals surface area (Å²) in [6, 6.07) is 0.0392. The number of aliphatic carboxylic acids is 1. The number of aromatic hydroxyl groups is 2. The predicted molar refractivity (Wildman–Crippen MR) is 133 cm³/mol. The maximum absolute atomic E-state index is 13.1. The topological polar surface area (TPSA) is 271 Å². The Bertz CT molecular complexity index is 1470. The number of carbonyl (C=O) groups is 4. The van der Waals surface area contributed by atoms with Crippen LogP contribution in [-0.2, 0) is 34.3 Å². The molecule has 0 saturated carbocycles. The molecule has 3 rings (SSSR count). The molecule has 1 fully saturated rings. The minimum absolute atomic E-state index is 0.00644. The van der Waals surface area contributed by atoms with Crippen LogP contribution in [0.5, 0.6) is 11.5 Å². The number of anilines is 2. The largest absolute Gasteiger partial charge is 0.504 e. The Morgan fingerprint density at radius 3 is 2.46 bits per heavy atom. The Hall–Kier alpha value is -4.49. The second-order valence-corrected chi connectivity index (χ2v) is 10.7. The molecule has 1 aromatic heterocycles. The molecule has 2 atom stereocenters. The Labute approximate surface area is 223 Å². The first-order chi connectivity index (χ1) is 18.0. The van der Waals surface area contributed by atoms with Gasteiger partial charge in [-0.2, -0.15) is 8.42 Å². The van der Waals surface area contributed by atoms with Crippen LogP contribution in [0.25, 0.3) is 0 Å². The van der Waals surface area contributed by atoms with Crippen LogP contribution in [0.2, 0.25) is 0 Å². The van der Waals surface area contributed by atoms with E-state index in [1.807, 2.05) is 0 Å². The number of thiazole rings is 1. The summed E-state index contributed by atoms with van der Waals surface area (Å²) in [4.78, 5) is 58.3. The van der Waals surface area contributed by atoms with E-state index in [9.17, 15) is 47.5 Å². The van der Waals surface area contributed by atoms with Crippen LogP contribution in [0, 0.1) is 0 Å². The Kier molecular flexibility index (Phi) is 7.98. The molecule has 1 aliphatic rings. The average molecular weight is 587 g/mol. The third-order valence-electron chi connectivity index (χ3n) is 5.22. The molecule has 0 aliphatic carbocycles. The van der Waals surface area contributed by atoms with Crippen LogP contribution in [0.1, 0.15) is 26.0 Å². The van der Waals surface area contributed by atoms with Crippen molar-refractivity contribution in [1.82, 2.24) is 14.6 Å². The van der Waals surface area contributed by atoms with Crippen molar-refractivity contribution in [2.24, 2.45) is 5.16 Å². The highest BCUT2D eigenvalue weighted by molar-refractivity contribution is 7.84. The fourth-order valence-electron chi connectivity index (χ4n) is 3.17. The lowest BCUT2D eigenvalue weighted by atomic mass is 9.94. The third kappa shape index (κ3) is 6.51. The third-order valence-corrected chi connectivity index (χ3v) is 6.84. The van der Waals surface area contributed by atoms with Gasteiger partial charge >= 0.3 is 16.3 Å². The summed E-state index contributed by atoms with van der Waals surface area (Å²) >= 11 is 0.904. The molecule has 17 nitrogen and oxygen atoms in total. The van der Waals surface area contributed by atoms with Gasteiger partial charge < -0.3 is 36.5 Å². The first-order valence-corrected chi connectivity index (χ1v) is 12.9. The number of aromatic nitrogens is 1. The highest BCUT2D eigenvalue weighted by Crippen LogP contribution is 2.29. The van der Waals surface area contributed by atoms with Gasteiger partial charge in [0, 0.05) is 17.1 Å². The second-order valence-electron chi connectivity index (χ2n) is 8.50. The minimum atomic E-state index is -5.14. The maximum atomic E-state index is 13.1. The lowest BCUT2D eigenvalue weighted by Gasteiger charge is -2.43.